The standard InChI is InChI=1S/C7H14NO/c1-2-3-7-4-5-8-6-9-7/h7H,2-6H2,1H3. The van der Waals surface area contributed by atoms with Gasteiger partial charge in [-0.15, -0.1) is 0 Å². The van der Waals surface area contributed by atoms with Crippen LogP contribution in [0.2, 0.25) is 0 Å². The summed E-state index contributed by atoms with van der Waals surface area (Å²) < 4.78 is 5.35. The Bertz CT molecular complexity index is 66.6. The van der Waals surface area contributed by atoms with Crippen LogP contribution in [0.5, 0.6) is 0 Å². The van der Waals surface area contributed by atoms with Gasteiger partial charge in [0.25, 0.3) is 0 Å². The SMILES string of the molecule is CCCC1CC[N]CO1. The average molecular weight is 128 g/mol. The monoisotopic (exact) mass is 128 g/mol. The summed E-state index contributed by atoms with van der Waals surface area (Å²) in [5.41, 5.74) is 0. The van der Waals surface area contributed by atoms with Gasteiger partial charge < -0.3 is 4.74 Å². The second-order valence-electron chi connectivity index (χ2n) is 2.44. The van der Waals surface area contributed by atoms with Crippen molar-refractivity contribution in [1.82, 2.24) is 5.32 Å². The maximum absolute atomic E-state index is 5.35. The van der Waals surface area contributed by atoms with E-state index in [4.69, 9.17) is 4.74 Å². The summed E-state index contributed by atoms with van der Waals surface area (Å²) in [5.74, 6) is 0. The molecular formula is C7H14NO. The molecule has 0 N–H and O–H groups in total. The lowest BCUT2D eigenvalue weighted by Gasteiger charge is -2.21. The molecule has 1 unspecified atom stereocenters. The quantitative estimate of drug-likeness (QED) is 0.547. The first kappa shape index (κ1) is 7.03. The third kappa shape index (κ3) is 2.33. The van der Waals surface area contributed by atoms with Crippen LogP contribution >= 0.6 is 0 Å². The third-order valence-electron chi connectivity index (χ3n) is 1.62. The molecule has 0 aromatic carbocycles. The van der Waals surface area contributed by atoms with Crippen LogP contribution in [0.25, 0.3) is 0 Å². The summed E-state index contributed by atoms with van der Waals surface area (Å²) in [6, 6.07) is 0. The Kier molecular flexibility index (Phi) is 3.01. The molecule has 1 atom stereocenters. The summed E-state index contributed by atoms with van der Waals surface area (Å²) in [7, 11) is 0. The molecule has 0 amide bonds. The highest BCUT2D eigenvalue weighted by Gasteiger charge is 2.11. The fourth-order valence-electron chi connectivity index (χ4n) is 1.09. The van der Waals surface area contributed by atoms with Crippen molar-refractivity contribution in [3.05, 3.63) is 0 Å². The summed E-state index contributed by atoms with van der Waals surface area (Å²) in [6.07, 6.45) is 4.07. The van der Waals surface area contributed by atoms with Crippen molar-refractivity contribution in [1.29, 1.82) is 0 Å². The molecule has 1 radical (unpaired) electrons. The summed E-state index contributed by atoms with van der Waals surface area (Å²) in [5, 5.41) is 4.09. The summed E-state index contributed by atoms with van der Waals surface area (Å²) >= 11 is 0. The van der Waals surface area contributed by atoms with Gasteiger partial charge in [0.1, 0.15) is 6.73 Å². The smallest absolute Gasteiger partial charge is 0.112 e. The largest absolute Gasteiger partial charge is 0.362 e. The van der Waals surface area contributed by atoms with Crippen LogP contribution < -0.4 is 5.32 Å². The molecule has 53 valence electrons. The number of hydrogen-bond acceptors (Lipinski definition) is 1. The van der Waals surface area contributed by atoms with Crippen LogP contribution in [0.15, 0.2) is 0 Å². The van der Waals surface area contributed by atoms with Gasteiger partial charge in [-0.3, -0.25) is 0 Å². The Morgan fingerprint density at radius 2 is 2.56 bits per heavy atom. The molecule has 0 saturated carbocycles. The fraction of sp³-hybridized carbons (Fsp3) is 1.00. The average Bonchev–Trinajstić information content (AvgIpc) is 1.91. The van der Waals surface area contributed by atoms with Crippen molar-refractivity contribution in [2.24, 2.45) is 0 Å². The van der Waals surface area contributed by atoms with E-state index >= 15 is 0 Å². The summed E-state index contributed by atoms with van der Waals surface area (Å²) in [4.78, 5) is 0. The molecule has 0 aromatic rings. The zero-order chi connectivity index (χ0) is 6.53. The minimum Gasteiger partial charge on any atom is -0.362 e. The molecule has 9 heavy (non-hydrogen) atoms. The van der Waals surface area contributed by atoms with Crippen LogP contribution in [0, 0.1) is 0 Å². The Balaban J connectivity index is 2.08. The number of ether oxygens (including phenoxy) is 1. The normalized spacial score (nSPS) is 28.3. The molecular weight excluding hydrogens is 114 g/mol. The maximum Gasteiger partial charge on any atom is 0.112 e. The molecule has 0 spiro atoms. The summed E-state index contributed by atoms with van der Waals surface area (Å²) in [6.45, 7) is 3.82. The van der Waals surface area contributed by atoms with Crippen LogP contribution in [-0.2, 0) is 4.74 Å². The molecule has 2 heteroatoms. The van der Waals surface area contributed by atoms with Crippen molar-refractivity contribution in [3.63, 3.8) is 0 Å². The Hall–Kier alpha value is -0.0800. The van der Waals surface area contributed by atoms with Gasteiger partial charge in [-0.25, -0.2) is 5.32 Å². The molecule has 0 aliphatic carbocycles. The molecule has 1 aliphatic heterocycles. The van der Waals surface area contributed by atoms with Gasteiger partial charge in [0.2, 0.25) is 0 Å². The molecule has 1 rings (SSSR count). The highest BCUT2D eigenvalue weighted by Crippen LogP contribution is 2.08. The van der Waals surface area contributed by atoms with E-state index in [1.165, 1.54) is 12.8 Å². The molecule has 1 saturated heterocycles. The predicted molar refractivity (Wildman–Crippen MR) is 36.3 cm³/mol. The van der Waals surface area contributed by atoms with E-state index in [1.807, 2.05) is 0 Å². The van der Waals surface area contributed by atoms with Crippen LogP contribution in [0.3, 0.4) is 0 Å². The van der Waals surface area contributed by atoms with Gasteiger partial charge in [0.15, 0.2) is 0 Å². The van der Waals surface area contributed by atoms with E-state index in [0.29, 0.717) is 12.8 Å². The van der Waals surface area contributed by atoms with E-state index in [2.05, 4.69) is 12.2 Å². The molecule has 1 fully saturated rings. The molecule has 1 aliphatic rings. The van der Waals surface area contributed by atoms with Gasteiger partial charge in [0.05, 0.1) is 6.10 Å². The number of hydrogen-bond donors (Lipinski definition) is 0. The first-order valence-corrected chi connectivity index (χ1v) is 3.68. The van der Waals surface area contributed by atoms with Gasteiger partial charge >= 0.3 is 0 Å². The Labute approximate surface area is 56.6 Å². The zero-order valence-electron chi connectivity index (χ0n) is 5.97. The van der Waals surface area contributed by atoms with E-state index in [0.717, 1.165) is 13.0 Å². The highest BCUT2D eigenvalue weighted by atomic mass is 16.5. The fourth-order valence-corrected chi connectivity index (χ4v) is 1.09. The van der Waals surface area contributed by atoms with Crippen molar-refractivity contribution >= 4 is 0 Å². The number of nitrogens with zero attached hydrogens (tertiary/aromatic N) is 1. The molecule has 0 aromatic heterocycles. The molecule has 2 nitrogen and oxygen atoms in total. The second kappa shape index (κ2) is 3.85. The first-order valence-electron chi connectivity index (χ1n) is 3.68. The minimum atomic E-state index is 0.507. The van der Waals surface area contributed by atoms with Gasteiger partial charge in [-0.1, -0.05) is 13.3 Å². The Morgan fingerprint density at radius 3 is 3.11 bits per heavy atom. The van der Waals surface area contributed by atoms with Crippen LogP contribution in [-0.4, -0.2) is 19.4 Å². The van der Waals surface area contributed by atoms with Crippen molar-refractivity contribution in [3.8, 4) is 0 Å². The van der Waals surface area contributed by atoms with Crippen LogP contribution in [0.1, 0.15) is 26.2 Å². The van der Waals surface area contributed by atoms with Crippen LogP contribution in [0.4, 0.5) is 0 Å². The van der Waals surface area contributed by atoms with Gasteiger partial charge in [-0.05, 0) is 12.8 Å². The molecule has 0 bridgehead atoms. The lowest BCUT2D eigenvalue weighted by molar-refractivity contribution is 0.000204. The van der Waals surface area contributed by atoms with E-state index in [9.17, 15) is 0 Å². The van der Waals surface area contributed by atoms with Gasteiger partial charge in [0, 0.05) is 6.54 Å². The van der Waals surface area contributed by atoms with E-state index in [1.54, 1.807) is 0 Å². The number of rotatable bonds is 2. The van der Waals surface area contributed by atoms with E-state index in [-0.39, 0.29) is 0 Å². The molecule has 1 heterocycles. The Morgan fingerprint density at radius 1 is 1.67 bits per heavy atom. The highest BCUT2D eigenvalue weighted by molar-refractivity contribution is 4.62. The zero-order valence-corrected chi connectivity index (χ0v) is 5.97. The lowest BCUT2D eigenvalue weighted by Crippen LogP contribution is -2.28. The third-order valence-corrected chi connectivity index (χ3v) is 1.62. The topological polar surface area (TPSA) is 23.3 Å². The van der Waals surface area contributed by atoms with Gasteiger partial charge in [-0.2, -0.15) is 0 Å². The lowest BCUT2D eigenvalue weighted by atomic mass is 10.1. The maximum atomic E-state index is 5.35. The van der Waals surface area contributed by atoms with E-state index < -0.39 is 0 Å². The second-order valence-corrected chi connectivity index (χ2v) is 2.44. The van der Waals surface area contributed by atoms with Crippen molar-refractivity contribution in [2.75, 3.05) is 13.3 Å². The van der Waals surface area contributed by atoms with Crippen molar-refractivity contribution < 1.29 is 4.74 Å². The minimum absolute atomic E-state index is 0.507. The predicted octanol–water partition coefficient (Wildman–Crippen LogP) is 1.14. The van der Waals surface area contributed by atoms with Crippen molar-refractivity contribution in [2.45, 2.75) is 32.3 Å². The first-order chi connectivity index (χ1) is 4.43.